The molecule has 0 bridgehead atoms. The zero-order chi connectivity index (χ0) is 22.1. The zero-order valence-corrected chi connectivity index (χ0v) is 19.1. The summed E-state index contributed by atoms with van der Waals surface area (Å²) in [7, 11) is 0. The van der Waals surface area contributed by atoms with Crippen LogP contribution in [0.4, 0.5) is 0 Å². The molecule has 1 atom stereocenters. The maximum Gasteiger partial charge on any atom is 0.338 e. The van der Waals surface area contributed by atoms with Gasteiger partial charge in [-0.3, -0.25) is 9.36 Å². The number of halogens is 2. The quantitative estimate of drug-likeness (QED) is 0.536. The summed E-state index contributed by atoms with van der Waals surface area (Å²) in [5, 5.41) is 1.03. The van der Waals surface area contributed by atoms with Crippen LogP contribution in [0, 0.1) is 0 Å². The summed E-state index contributed by atoms with van der Waals surface area (Å²) in [6, 6.07) is 13.7. The van der Waals surface area contributed by atoms with Crippen molar-refractivity contribution >= 4 is 46.6 Å². The lowest BCUT2D eigenvalue weighted by molar-refractivity contribution is -0.139. The van der Waals surface area contributed by atoms with E-state index in [9.17, 15) is 9.59 Å². The molecule has 1 aromatic heterocycles. The Morgan fingerprint density at radius 2 is 2.00 bits per heavy atom. The van der Waals surface area contributed by atoms with Crippen LogP contribution in [0.15, 0.2) is 69.6 Å². The van der Waals surface area contributed by atoms with Gasteiger partial charge in [0.15, 0.2) is 4.80 Å². The Hall–Kier alpha value is -2.67. The van der Waals surface area contributed by atoms with E-state index in [0.29, 0.717) is 36.2 Å². The number of hydrogen-bond acceptors (Lipinski definition) is 5. The number of hydrogen-bond donors (Lipinski definition) is 0. The summed E-state index contributed by atoms with van der Waals surface area (Å²) in [6.07, 6.45) is 1.77. The fourth-order valence-corrected chi connectivity index (χ4v) is 5.01. The molecule has 31 heavy (non-hydrogen) atoms. The van der Waals surface area contributed by atoms with Crippen LogP contribution in [-0.4, -0.2) is 17.1 Å². The monoisotopic (exact) mass is 472 g/mol. The average Bonchev–Trinajstić information content (AvgIpc) is 3.02. The van der Waals surface area contributed by atoms with Crippen molar-refractivity contribution in [3.05, 3.63) is 101 Å². The Morgan fingerprint density at radius 1 is 1.23 bits per heavy atom. The predicted molar refractivity (Wildman–Crippen MR) is 123 cm³/mol. The molecule has 1 unspecified atom stereocenters. The van der Waals surface area contributed by atoms with E-state index in [1.165, 1.54) is 15.9 Å². The maximum absolute atomic E-state index is 13.5. The largest absolute Gasteiger partial charge is 0.463 e. The second kappa shape index (κ2) is 8.83. The van der Waals surface area contributed by atoms with Gasteiger partial charge >= 0.3 is 5.97 Å². The van der Waals surface area contributed by atoms with Crippen molar-refractivity contribution in [1.29, 1.82) is 0 Å². The van der Waals surface area contributed by atoms with Gasteiger partial charge in [-0.05, 0) is 49.2 Å². The molecule has 4 rings (SSSR count). The summed E-state index contributed by atoms with van der Waals surface area (Å²) in [5.41, 5.74) is 1.98. The topological polar surface area (TPSA) is 60.7 Å². The summed E-state index contributed by atoms with van der Waals surface area (Å²) in [6.45, 7) is 3.69. The smallest absolute Gasteiger partial charge is 0.338 e. The van der Waals surface area contributed by atoms with E-state index in [1.807, 2.05) is 18.2 Å². The third kappa shape index (κ3) is 4.11. The molecule has 0 saturated heterocycles. The van der Waals surface area contributed by atoms with Crippen molar-refractivity contribution in [2.24, 2.45) is 4.99 Å². The van der Waals surface area contributed by atoms with Crippen molar-refractivity contribution in [3.8, 4) is 0 Å². The minimum absolute atomic E-state index is 0.212. The molecule has 8 heteroatoms. The SMILES string of the molecule is CCOC(=O)C1=C(C)N=c2sc(=Cc3cccc(Cl)c3)c(=O)n2C1c1ccccc1Cl. The standard InChI is InChI=1S/C23H18Cl2N2O3S/c1-3-30-22(29)19-13(2)26-23-27(20(19)16-9-4-5-10-17(16)25)21(28)18(31-23)12-14-7-6-8-15(24)11-14/h4-12,20H,3H2,1-2H3. The number of aromatic nitrogens is 1. The number of allylic oxidation sites excluding steroid dienone is 1. The van der Waals surface area contributed by atoms with E-state index in [0.717, 1.165) is 5.56 Å². The van der Waals surface area contributed by atoms with Gasteiger partial charge in [0.25, 0.3) is 5.56 Å². The van der Waals surface area contributed by atoms with Crippen LogP contribution >= 0.6 is 34.5 Å². The van der Waals surface area contributed by atoms with Crippen molar-refractivity contribution in [3.63, 3.8) is 0 Å². The average molecular weight is 473 g/mol. The molecule has 1 aliphatic rings. The Kier molecular flexibility index (Phi) is 6.14. The molecule has 158 valence electrons. The van der Waals surface area contributed by atoms with Crippen LogP contribution in [0.25, 0.3) is 6.08 Å². The van der Waals surface area contributed by atoms with E-state index in [4.69, 9.17) is 27.9 Å². The molecule has 5 nitrogen and oxygen atoms in total. The van der Waals surface area contributed by atoms with Crippen LogP contribution in [-0.2, 0) is 9.53 Å². The lowest BCUT2D eigenvalue weighted by Gasteiger charge is -2.25. The summed E-state index contributed by atoms with van der Waals surface area (Å²) < 4.78 is 7.28. The number of carbonyl (C=O) groups is 1. The first-order chi connectivity index (χ1) is 14.9. The molecular formula is C23H18Cl2N2O3S. The van der Waals surface area contributed by atoms with Gasteiger partial charge in [-0.25, -0.2) is 9.79 Å². The minimum atomic E-state index is -0.731. The molecule has 0 fully saturated rings. The Bertz CT molecular complexity index is 1390. The molecule has 0 saturated carbocycles. The highest BCUT2D eigenvalue weighted by Crippen LogP contribution is 2.34. The van der Waals surface area contributed by atoms with Crippen molar-refractivity contribution in [2.45, 2.75) is 19.9 Å². The molecule has 0 radical (unpaired) electrons. The lowest BCUT2D eigenvalue weighted by Crippen LogP contribution is -2.40. The fourth-order valence-electron chi connectivity index (χ4n) is 3.53. The summed E-state index contributed by atoms with van der Waals surface area (Å²) >= 11 is 13.8. The van der Waals surface area contributed by atoms with E-state index in [2.05, 4.69) is 4.99 Å². The van der Waals surface area contributed by atoms with Gasteiger partial charge in [0, 0.05) is 10.0 Å². The van der Waals surface area contributed by atoms with Crippen LogP contribution in [0.3, 0.4) is 0 Å². The highest BCUT2D eigenvalue weighted by atomic mass is 35.5. The van der Waals surface area contributed by atoms with E-state index >= 15 is 0 Å². The number of esters is 1. The molecule has 0 amide bonds. The molecule has 0 spiro atoms. The molecule has 0 N–H and O–H groups in total. The number of carbonyl (C=O) groups excluding carboxylic acids is 1. The first-order valence-electron chi connectivity index (χ1n) is 9.60. The first kappa shape index (κ1) is 21.6. The van der Waals surface area contributed by atoms with Gasteiger partial charge in [-0.2, -0.15) is 0 Å². The first-order valence-corrected chi connectivity index (χ1v) is 11.2. The van der Waals surface area contributed by atoms with Crippen LogP contribution in [0.1, 0.15) is 31.0 Å². The molecular weight excluding hydrogens is 455 g/mol. The number of ether oxygens (including phenoxy) is 1. The summed E-state index contributed by atoms with van der Waals surface area (Å²) in [5.74, 6) is -0.516. The number of benzene rings is 2. The van der Waals surface area contributed by atoms with Crippen LogP contribution in [0.2, 0.25) is 10.0 Å². The Labute approximate surface area is 192 Å². The van der Waals surface area contributed by atoms with Gasteiger partial charge in [-0.1, -0.05) is 64.9 Å². The Morgan fingerprint density at radius 3 is 2.71 bits per heavy atom. The van der Waals surface area contributed by atoms with Gasteiger partial charge in [0.2, 0.25) is 0 Å². The highest BCUT2D eigenvalue weighted by molar-refractivity contribution is 7.07. The predicted octanol–water partition coefficient (Wildman–Crippen LogP) is 4.11. The lowest BCUT2D eigenvalue weighted by atomic mass is 9.96. The third-order valence-corrected chi connectivity index (χ3v) is 6.43. The maximum atomic E-state index is 13.5. The molecule has 1 aliphatic heterocycles. The van der Waals surface area contributed by atoms with E-state index in [1.54, 1.807) is 50.3 Å². The van der Waals surface area contributed by atoms with E-state index in [-0.39, 0.29) is 12.2 Å². The fraction of sp³-hybridized carbons (Fsp3) is 0.174. The van der Waals surface area contributed by atoms with Crippen molar-refractivity contribution in [2.75, 3.05) is 6.61 Å². The highest BCUT2D eigenvalue weighted by Gasteiger charge is 2.34. The molecule has 2 heterocycles. The van der Waals surface area contributed by atoms with Crippen LogP contribution in [0.5, 0.6) is 0 Å². The zero-order valence-electron chi connectivity index (χ0n) is 16.8. The van der Waals surface area contributed by atoms with Gasteiger partial charge < -0.3 is 4.74 Å². The number of rotatable bonds is 4. The number of fused-ring (bicyclic) bond motifs is 1. The van der Waals surface area contributed by atoms with Crippen molar-refractivity contribution < 1.29 is 9.53 Å². The molecule has 3 aromatic rings. The second-order valence-corrected chi connectivity index (χ2v) is 8.73. The van der Waals surface area contributed by atoms with Gasteiger partial charge in [0.1, 0.15) is 6.04 Å². The van der Waals surface area contributed by atoms with Crippen LogP contribution < -0.4 is 14.9 Å². The minimum Gasteiger partial charge on any atom is -0.463 e. The number of thiazole rings is 1. The van der Waals surface area contributed by atoms with Gasteiger partial charge in [0.05, 0.1) is 22.4 Å². The Balaban J connectivity index is 1.99. The van der Waals surface area contributed by atoms with Gasteiger partial charge in [-0.15, -0.1) is 0 Å². The molecule has 2 aromatic carbocycles. The normalized spacial score (nSPS) is 16.1. The van der Waals surface area contributed by atoms with E-state index < -0.39 is 12.0 Å². The summed E-state index contributed by atoms with van der Waals surface area (Å²) in [4.78, 5) is 31.3. The molecule has 0 aliphatic carbocycles. The third-order valence-electron chi connectivity index (χ3n) is 4.86. The van der Waals surface area contributed by atoms with Crippen molar-refractivity contribution in [1.82, 2.24) is 4.57 Å². The number of nitrogens with zero attached hydrogens (tertiary/aromatic N) is 2. The second-order valence-electron chi connectivity index (χ2n) is 6.88.